The number of carbonyl (C=O) groups excluding carboxylic acids is 1. The maximum absolute atomic E-state index is 12.3. The van der Waals surface area contributed by atoms with E-state index < -0.39 is 0 Å². The molecule has 0 bridgehead atoms. The first-order valence-corrected chi connectivity index (χ1v) is 7.83. The van der Waals surface area contributed by atoms with Crippen molar-refractivity contribution in [3.8, 4) is 11.5 Å². The molecule has 1 aromatic heterocycles. The molecule has 0 aliphatic carbocycles. The van der Waals surface area contributed by atoms with Crippen LogP contribution >= 0.6 is 12.4 Å². The number of rotatable bonds is 7. The number of nitrogen functional groups attached to an aromatic ring is 1. The molecule has 1 heterocycles. The zero-order chi connectivity index (χ0) is 17.5. The number of nitrogens with zero attached hydrogens (tertiary/aromatic N) is 1. The molecule has 0 fully saturated rings. The number of aromatic nitrogens is 1. The summed E-state index contributed by atoms with van der Waals surface area (Å²) in [7, 11) is 1.55. The third kappa shape index (κ3) is 6.15. The number of nitrogens with two attached hydrogens (primary N) is 1. The number of hydrogen-bond acceptors (Lipinski definition) is 5. The van der Waals surface area contributed by atoms with Gasteiger partial charge in [0, 0.05) is 5.56 Å². The minimum Gasteiger partial charge on any atom is -0.493 e. The predicted octanol–water partition coefficient (Wildman–Crippen LogP) is 3.77. The second-order valence-corrected chi connectivity index (χ2v) is 5.82. The monoisotopic (exact) mass is 365 g/mol. The fraction of sp³-hybridized carbons (Fsp3) is 0.333. The molecule has 0 saturated carbocycles. The molecule has 0 unspecified atom stereocenters. The van der Waals surface area contributed by atoms with Gasteiger partial charge in [-0.15, -0.1) is 12.4 Å². The summed E-state index contributed by atoms with van der Waals surface area (Å²) in [4.78, 5) is 16.3. The van der Waals surface area contributed by atoms with Crippen LogP contribution in [0.1, 0.15) is 30.6 Å². The fourth-order valence-corrected chi connectivity index (χ4v) is 2.02. The lowest BCUT2D eigenvalue weighted by Gasteiger charge is -2.13. The van der Waals surface area contributed by atoms with Gasteiger partial charge in [-0.1, -0.05) is 13.8 Å². The summed E-state index contributed by atoms with van der Waals surface area (Å²) >= 11 is 0. The lowest BCUT2D eigenvalue weighted by molar-refractivity contribution is 0.102. The van der Waals surface area contributed by atoms with Crippen LogP contribution in [0.4, 0.5) is 11.5 Å². The second kappa shape index (κ2) is 9.74. The Morgan fingerprint density at radius 1 is 1.24 bits per heavy atom. The summed E-state index contributed by atoms with van der Waals surface area (Å²) in [5, 5.41) is 2.76. The molecule has 0 saturated heterocycles. The second-order valence-electron chi connectivity index (χ2n) is 5.82. The molecule has 2 aromatic rings. The van der Waals surface area contributed by atoms with E-state index in [0.717, 1.165) is 6.42 Å². The van der Waals surface area contributed by atoms with Crippen LogP contribution < -0.4 is 20.5 Å². The van der Waals surface area contributed by atoms with Crippen LogP contribution in [-0.2, 0) is 0 Å². The number of hydrogen-bond donors (Lipinski definition) is 2. The lowest BCUT2D eigenvalue weighted by atomic mass is 10.1. The number of nitrogens with one attached hydrogen (secondary N) is 1. The molecule has 25 heavy (non-hydrogen) atoms. The number of benzene rings is 1. The van der Waals surface area contributed by atoms with E-state index in [9.17, 15) is 4.79 Å². The molecule has 6 nitrogen and oxygen atoms in total. The molecular weight excluding hydrogens is 342 g/mol. The smallest absolute Gasteiger partial charge is 0.255 e. The van der Waals surface area contributed by atoms with Crippen molar-refractivity contribution in [1.82, 2.24) is 4.98 Å². The van der Waals surface area contributed by atoms with Gasteiger partial charge in [-0.25, -0.2) is 4.98 Å². The zero-order valence-corrected chi connectivity index (χ0v) is 15.4. The van der Waals surface area contributed by atoms with Gasteiger partial charge < -0.3 is 20.5 Å². The number of anilines is 2. The van der Waals surface area contributed by atoms with Crippen molar-refractivity contribution >= 4 is 29.8 Å². The van der Waals surface area contributed by atoms with Gasteiger partial charge in [0.2, 0.25) is 0 Å². The predicted molar refractivity (Wildman–Crippen MR) is 102 cm³/mol. The van der Waals surface area contributed by atoms with Crippen LogP contribution in [0.25, 0.3) is 0 Å². The Labute approximate surface area is 154 Å². The SMILES string of the molecule is COc1cc(C(=O)Nc2ccc(N)nc2)ccc1OCCC(C)C.Cl. The minimum atomic E-state index is -0.256. The standard InChI is InChI=1S/C18H23N3O3.ClH/c1-12(2)8-9-24-15-6-4-13(10-16(15)23-3)18(22)21-14-5-7-17(19)20-11-14;/h4-7,10-12H,8-9H2,1-3H3,(H2,19,20)(H,21,22);1H. The molecule has 136 valence electrons. The van der Waals surface area contributed by atoms with Gasteiger partial charge in [-0.3, -0.25) is 4.79 Å². The molecule has 0 aliphatic rings. The zero-order valence-electron chi connectivity index (χ0n) is 14.6. The van der Waals surface area contributed by atoms with Crippen LogP contribution in [0, 0.1) is 5.92 Å². The first-order valence-electron chi connectivity index (χ1n) is 7.83. The van der Waals surface area contributed by atoms with E-state index in [1.165, 1.54) is 6.20 Å². The number of ether oxygens (including phenoxy) is 2. The summed E-state index contributed by atoms with van der Waals surface area (Å²) in [6.45, 7) is 4.89. The summed E-state index contributed by atoms with van der Waals surface area (Å²) in [6, 6.07) is 8.43. The first kappa shape index (κ1) is 20.6. The van der Waals surface area contributed by atoms with Crippen LogP contribution in [0.2, 0.25) is 0 Å². The van der Waals surface area contributed by atoms with Gasteiger partial charge >= 0.3 is 0 Å². The molecule has 0 spiro atoms. The maximum Gasteiger partial charge on any atom is 0.255 e. The van der Waals surface area contributed by atoms with Gasteiger partial charge in [0.15, 0.2) is 11.5 Å². The quantitative estimate of drug-likeness (QED) is 0.779. The van der Waals surface area contributed by atoms with E-state index in [0.29, 0.717) is 41.1 Å². The largest absolute Gasteiger partial charge is 0.493 e. The first-order chi connectivity index (χ1) is 11.5. The molecule has 0 aliphatic heterocycles. The number of methoxy groups -OCH3 is 1. The van der Waals surface area contributed by atoms with E-state index in [2.05, 4.69) is 24.1 Å². The van der Waals surface area contributed by atoms with E-state index in [1.807, 2.05) is 0 Å². The third-order valence-corrected chi connectivity index (χ3v) is 3.42. The topological polar surface area (TPSA) is 86.5 Å². The van der Waals surface area contributed by atoms with Gasteiger partial charge in [0.1, 0.15) is 5.82 Å². The van der Waals surface area contributed by atoms with E-state index in [-0.39, 0.29) is 18.3 Å². The summed E-state index contributed by atoms with van der Waals surface area (Å²) < 4.78 is 11.1. The molecule has 1 amide bonds. The van der Waals surface area contributed by atoms with Crippen molar-refractivity contribution in [2.24, 2.45) is 5.92 Å². The number of halogens is 1. The Morgan fingerprint density at radius 2 is 2.00 bits per heavy atom. The van der Waals surface area contributed by atoms with Crippen LogP contribution in [0.5, 0.6) is 11.5 Å². The lowest BCUT2D eigenvalue weighted by Crippen LogP contribution is -2.12. The molecule has 3 N–H and O–H groups in total. The number of amides is 1. The molecule has 0 radical (unpaired) electrons. The summed E-state index contributed by atoms with van der Waals surface area (Å²) in [6.07, 6.45) is 2.46. The van der Waals surface area contributed by atoms with Gasteiger partial charge in [0.25, 0.3) is 5.91 Å². The van der Waals surface area contributed by atoms with Crippen LogP contribution in [0.15, 0.2) is 36.5 Å². The van der Waals surface area contributed by atoms with E-state index >= 15 is 0 Å². The highest BCUT2D eigenvalue weighted by Gasteiger charge is 2.12. The van der Waals surface area contributed by atoms with E-state index in [1.54, 1.807) is 37.4 Å². The number of pyridine rings is 1. The Balaban J connectivity index is 0.00000312. The highest BCUT2D eigenvalue weighted by atomic mass is 35.5. The average molecular weight is 366 g/mol. The Bertz CT molecular complexity index is 690. The average Bonchev–Trinajstić information content (AvgIpc) is 2.56. The molecule has 2 rings (SSSR count). The summed E-state index contributed by atoms with van der Waals surface area (Å²) in [5.74, 6) is 1.87. The van der Waals surface area contributed by atoms with Crippen molar-refractivity contribution in [3.05, 3.63) is 42.1 Å². The normalized spacial score (nSPS) is 10.1. The minimum absolute atomic E-state index is 0. The molecular formula is C18H24ClN3O3. The van der Waals surface area contributed by atoms with Gasteiger partial charge in [-0.2, -0.15) is 0 Å². The van der Waals surface area contributed by atoms with Crippen molar-refractivity contribution in [2.75, 3.05) is 24.8 Å². The van der Waals surface area contributed by atoms with Crippen molar-refractivity contribution in [2.45, 2.75) is 20.3 Å². The third-order valence-electron chi connectivity index (χ3n) is 3.42. The number of carbonyl (C=O) groups is 1. The van der Waals surface area contributed by atoms with Gasteiger partial charge in [0.05, 0.1) is 25.6 Å². The highest BCUT2D eigenvalue weighted by molar-refractivity contribution is 6.04. The molecule has 7 heteroatoms. The molecule has 1 aromatic carbocycles. The highest BCUT2D eigenvalue weighted by Crippen LogP contribution is 2.28. The Kier molecular flexibility index (Phi) is 8.01. The van der Waals surface area contributed by atoms with Gasteiger partial charge in [-0.05, 0) is 42.7 Å². The summed E-state index contributed by atoms with van der Waals surface area (Å²) in [5.41, 5.74) is 6.57. The van der Waals surface area contributed by atoms with E-state index in [4.69, 9.17) is 15.2 Å². The van der Waals surface area contributed by atoms with Crippen LogP contribution in [-0.4, -0.2) is 24.6 Å². The van der Waals surface area contributed by atoms with Crippen molar-refractivity contribution in [1.29, 1.82) is 0 Å². The fourth-order valence-electron chi connectivity index (χ4n) is 2.02. The van der Waals surface area contributed by atoms with Crippen LogP contribution in [0.3, 0.4) is 0 Å². The Hall–Kier alpha value is -2.47. The molecule has 0 atom stereocenters. The maximum atomic E-state index is 12.3. The van der Waals surface area contributed by atoms with Crippen molar-refractivity contribution in [3.63, 3.8) is 0 Å². The van der Waals surface area contributed by atoms with Crippen molar-refractivity contribution < 1.29 is 14.3 Å². The Morgan fingerprint density at radius 3 is 2.60 bits per heavy atom.